The largest absolute Gasteiger partial charge is 0.497 e. The molecule has 25 heavy (non-hydrogen) atoms. The van der Waals surface area contributed by atoms with Crippen molar-refractivity contribution < 1.29 is 14.1 Å². The summed E-state index contributed by atoms with van der Waals surface area (Å²) in [5.74, 6) is 1.50. The van der Waals surface area contributed by atoms with E-state index < -0.39 is 0 Å². The van der Waals surface area contributed by atoms with Crippen molar-refractivity contribution in [3.63, 3.8) is 0 Å². The molecular weight excluding hydrogens is 318 g/mol. The second kappa shape index (κ2) is 7.59. The summed E-state index contributed by atoms with van der Waals surface area (Å²) in [6.07, 6.45) is 1.63. The SMILES string of the molecule is CCc1noc(C)c1C(=O)N1CCCN(c2ccc(OC)cc2)CC1. The van der Waals surface area contributed by atoms with Crippen LogP contribution in [0.3, 0.4) is 0 Å². The molecule has 0 bridgehead atoms. The normalized spacial score (nSPS) is 15.2. The zero-order chi connectivity index (χ0) is 17.8. The van der Waals surface area contributed by atoms with E-state index in [0.29, 0.717) is 24.3 Å². The van der Waals surface area contributed by atoms with Gasteiger partial charge in [0.1, 0.15) is 17.1 Å². The van der Waals surface area contributed by atoms with Gasteiger partial charge >= 0.3 is 0 Å². The minimum Gasteiger partial charge on any atom is -0.497 e. The average molecular weight is 343 g/mol. The molecule has 134 valence electrons. The number of hydrogen-bond acceptors (Lipinski definition) is 5. The van der Waals surface area contributed by atoms with Crippen molar-refractivity contribution in [2.24, 2.45) is 0 Å². The molecule has 6 nitrogen and oxygen atoms in total. The Morgan fingerprint density at radius 1 is 1.20 bits per heavy atom. The highest BCUT2D eigenvalue weighted by Gasteiger charge is 2.26. The lowest BCUT2D eigenvalue weighted by Crippen LogP contribution is -2.35. The zero-order valence-corrected chi connectivity index (χ0v) is 15.1. The topological polar surface area (TPSA) is 58.8 Å². The van der Waals surface area contributed by atoms with Crippen LogP contribution in [0.2, 0.25) is 0 Å². The maximum atomic E-state index is 12.9. The summed E-state index contributed by atoms with van der Waals surface area (Å²) in [5.41, 5.74) is 2.55. The van der Waals surface area contributed by atoms with Crippen molar-refractivity contribution in [2.75, 3.05) is 38.2 Å². The van der Waals surface area contributed by atoms with Gasteiger partial charge in [-0.15, -0.1) is 0 Å². The standard InChI is InChI=1S/C19H25N3O3/c1-4-17-18(14(2)25-20-17)19(23)22-11-5-10-21(12-13-22)15-6-8-16(24-3)9-7-15/h6-9H,4-5,10-13H2,1-3H3. The highest BCUT2D eigenvalue weighted by molar-refractivity contribution is 5.96. The number of aryl methyl sites for hydroxylation is 2. The van der Waals surface area contributed by atoms with Crippen LogP contribution in [0.5, 0.6) is 5.75 Å². The van der Waals surface area contributed by atoms with Gasteiger partial charge < -0.3 is 19.1 Å². The van der Waals surface area contributed by atoms with Crippen molar-refractivity contribution >= 4 is 11.6 Å². The number of rotatable bonds is 4. The van der Waals surface area contributed by atoms with Crippen LogP contribution in [0.1, 0.15) is 35.2 Å². The third-order valence-corrected chi connectivity index (χ3v) is 4.70. The molecule has 0 N–H and O–H groups in total. The molecule has 2 aromatic rings. The van der Waals surface area contributed by atoms with Gasteiger partial charge in [-0.05, 0) is 44.0 Å². The Hall–Kier alpha value is -2.50. The quantitative estimate of drug-likeness (QED) is 0.854. The summed E-state index contributed by atoms with van der Waals surface area (Å²) in [6, 6.07) is 8.07. The fraction of sp³-hybridized carbons (Fsp3) is 0.474. The summed E-state index contributed by atoms with van der Waals surface area (Å²) >= 11 is 0. The van der Waals surface area contributed by atoms with Gasteiger partial charge in [0.2, 0.25) is 0 Å². The molecule has 3 rings (SSSR count). The molecule has 1 aliphatic rings. The predicted molar refractivity (Wildman–Crippen MR) is 96.3 cm³/mol. The van der Waals surface area contributed by atoms with Crippen molar-refractivity contribution in [3.8, 4) is 5.75 Å². The third kappa shape index (κ3) is 3.62. The molecule has 1 aromatic carbocycles. The van der Waals surface area contributed by atoms with E-state index in [-0.39, 0.29) is 5.91 Å². The Morgan fingerprint density at radius 2 is 1.96 bits per heavy atom. The first kappa shape index (κ1) is 17.3. The number of anilines is 1. The monoisotopic (exact) mass is 343 g/mol. The molecule has 6 heteroatoms. The van der Waals surface area contributed by atoms with Crippen LogP contribution in [-0.4, -0.2) is 49.3 Å². The van der Waals surface area contributed by atoms with Crippen LogP contribution < -0.4 is 9.64 Å². The Kier molecular flexibility index (Phi) is 5.26. The molecule has 1 aliphatic heterocycles. The van der Waals surface area contributed by atoms with E-state index in [1.54, 1.807) is 14.0 Å². The van der Waals surface area contributed by atoms with Crippen LogP contribution in [0, 0.1) is 6.92 Å². The molecule has 1 amide bonds. The van der Waals surface area contributed by atoms with E-state index in [1.807, 2.05) is 24.0 Å². The summed E-state index contributed by atoms with van der Waals surface area (Å²) in [7, 11) is 1.67. The van der Waals surface area contributed by atoms with E-state index in [0.717, 1.165) is 43.2 Å². The van der Waals surface area contributed by atoms with Gasteiger partial charge in [0.25, 0.3) is 5.91 Å². The minimum atomic E-state index is 0.0344. The smallest absolute Gasteiger partial charge is 0.259 e. The molecule has 0 atom stereocenters. The van der Waals surface area contributed by atoms with Gasteiger partial charge in [-0.3, -0.25) is 4.79 Å². The first-order chi connectivity index (χ1) is 12.1. The molecule has 0 unspecified atom stereocenters. The summed E-state index contributed by atoms with van der Waals surface area (Å²) in [6.45, 7) is 6.98. The van der Waals surface area contributed by atoms with Gasteiger partial charge in [-0.25, -0.2) is 0 Å². The molecule has 0 spiro atoms. The molecular formula is C19H25N3O3. The average Bonchev–Trinajstić information content (AvgIpc) is 2.86. The minimum absolute atomic E-state index is 0.0344. The van der Waals surface area contributed by atoms with Gasteiger partial charge in [0, 0.05) is 31.9 Å². The number of ether oxygens (including phenoxy) is 1. The third-order valence-electron chi connectivity index (χ3n) is 4.70. The molecule has 0 radical (unpaired) electrons. The van der Waals surface area contributed by atoms with E-state index in [1.165, 1.54) is 0 Å². The van der Waals surface area contributed by atoms with Gasteiger partial charge in [-0.2, -0.15) is 0 Å². The van der Waals surface area contributed by atoms with Crippen molar-refractivity contribution in [2.45, 2.75) is 26.7 Å². The Morgan fingerprint density at radius 3 is 2.64 bits per heavy atom. The second-order valence-corrected chi connectivity index (χ2v) is 6.24. The van der Waals surface area contributed by atoms with Crippen molar-refractivity contribution in [3.05, 3.63) is 41.3 Å². The molecule has 1 fully saturated rings. The second-order valence-electron chi connectivity index (χ2n) is 6.24. The number of methoxy groups -OCH3 is 1. The summed E-state index contributed by atoms with van der Waals surface area (Å²) < 4.78 is 10.4. The van der Waals surface area contributed by atoms with Crippen molar-refractivity contribution in [1.29, 1.82) is 0 Å². The van der Waals surface area contributed by atoms with Gasteiger partial charge in [-0.1, -0.05) is 12.1 Å². The van der Waals surface area contributed by atoms with Gasteiger partial charge in [0.15, 0.2) is 0 Å². The van der Waals surface area contributed by atoms with E-state index in [2.05, 4.69) is 22.2 Å². The van der Waals surface area contributed by atoms with Crippen LogP contribution in [0.4, 0.5) is 5.69 Å². The highest BCUT2D eigenvalue weighted by Crippen LogP contribution is 2.22. The van der Waals surface area contributed by atoms with Gasteiger partial charge in [0.05, 0.1) is 12.8 Å². The highest BCUT2D eigenvalue weighted by atomic mass is 16.5. The molecule has 1 saturated heterocycles. The Balaban J connectivity index is 1.70. The number of nitrogens with zero attached hydrogens (tertiary/aromatic N) is 3. The van der Waals surface area contributed by atoms with Crippen molar-refractivity contribution in [1.82, 2.24) is 10.1 Å². The van der Waals surface area contributed by atoms with Crippen LogP contribution in [-0.2, 0) is 6.42 Å². The number of amides is 1. The Bertz CT molecular complexity index is 724. The summed E-state index contributed by atoms with van der Waals surface area (Å²) in [4.78, 5) is 17.2. The van der Waals surface area contributed by atoms with Crippen LogP contribution in [0.25, 0.3) is 0 Å². The predicted octanol–water partition coefficient (Wildman–Crippen LogP) is 2.91. The number of hydrogen-bond donors (Lipinski definition) is 0. The lowest BCUT2D eigenvalue weighted by Gasteiger charge is -2.24. The van der Waals surface area contributed by atoms with E-state index in [9.17, 15) is 4.79 Å². The lowest BCUT2D eigenvalue weighted by molar-refractivity contribution is 0.0764. The van der Waals surface area contributed by atoms with E-state index in [4.69, 9.17) is 9.26 Å². The lowest BCUT2D eigenvalue weighted by atomic mass is 10.1. The maximum absolute atomic E-state index is 12.9. The fourth-order valence-corrected chi connectivity index (χ4v) is 3.26. The molecule has 2 heterocycles. The van der Waals surface area contributed by atoms with E-state index >= 15 is 0 Å². The summed E-state index contributed by atoms with van der Waals surface area (Å²) in [5, 5.41) is 4.01. The first-order valence-electron chi connectivity index (χ1n) is 8.77. The van der Waals surface area contributed by atoms with Crippen LogP contribution in [0.15, 0.2) is 28.8 Å². The zero-order valence-electron chi connectivity index (χ0n) is 15.1. The molecule has 1 aromatic heterocycles. The fourth-order valence-electron chi connectivity index (χ4n) is 3.26. The first-order valence-corrected chi connectivity index (χ1v) is 8.77. The number of carbonyl (C=O) groups excluding carboxylic acids is 1. The number of benzene rings is 1. The number of aromatic nitrogens is 1. The van der Waals surface area contributed by atoms with Crippen LogP contribution >= 0.6 is 0 Å². The molecule has 0 aliphatic carbocycles. The maximum Gasteiger partial charge on any atom is 0.259 e. The molecule has 0 saturated carbocycles. The number of carbonyl (C=O) groups is 1. The Labute approximate surface area is 148 Å².